The molecule has 1 unspecified atom stereocenters. The molecule has 4 aromatic rings. The van der Waals surface area contributed by atoms with Gasteiger partial charge < -0.3 is 20.5 Å². The molecule has 0 saturated carbocycles. The SMILES string of the molecule is CC(C)[C@H](C(=O)Cc1cncn1Cc1ccc(C#N)cc1)C(N)N(Cc1ccccc1C(F)(F)F)C(=S)Nc1ccccc1Cl. The first-order valence-corrected chi connectivity index (χ1v) is 14.9. The molecule has 12 heteroatoms. The van der Waals surface area contributed by atoms with E-state index in [1.165, 1.54) is 23.1 Å². The van der Waals surface area contributed by atoms with Crippen molar-refractivity contribution in [3.05, 3.63) is 118 Å². The number of benzene rings is 3. The molecule has 3 N–H and O–H groups in total. The second kappa shape index (κ2) is 14.7. The summed E-state index contributed by atoms with van der Waals surface area (Å²) in [6, 6.07) is 21.2. The first-order chi connectivity index (χ1) is 21.4. The zero-order valence-electron chi connectivity index (χ0n) is 24.6. The Kier molecular flexibility index (Phi) is 11.0. The maximum absolute atomic E-state index is 14.0. The molecular weight excluding hydrogens is 621 g/mol. The summed E-state index contributed by atoms with van der Waals surface area (Å²) in [6.07, 6.45) is -2.48. The molecule has 1 aromatic heterocycles. The van der Waals surface area contributed by atoms with Crippen LogP contribution in [0.5, 0.6) is 0 Å². The predicted molar refractivity (Wildman–Crippen MR) is 172 cm³/mol. The molecule has 0 aliphatic heterocycles. The minimum atomic E-state index is -4.61. The Morgan fingerprint density at radius 1 is 1.11 bits per heavy atom. The molecule has 0 bridgehead atoms. The van der Waals surface area contributed by atoms with Crippen molar-refractivity contribution in [2.24, 2.45) is 17.6 Å². The van der Waals surface area contributed by atoms with Crippen LogP contribution < -0.4 is 11.1 Å². The van der Waals surface area contributed by atoms with Gasteiger partial charge in [0.15, 0.2) is 5.11 Å². The van der Waals surface area contributed by atoms with Crippen molar-refractivity contribution in [2.75, 3.05) is 5.32 Å². The van der Waals surface area contributed by atoms with E-state index in [1.54, 1.807) is 48.9 Å². The highest BCUT2D eigenvalue weighted by atomic mass is 35.5. The molecule has 0 amide bonds. The highest BCUT2D eigenvalue weighted by Crippen LogP contribution is 2.33. The van der Waals surface area contributed by atoms with Crippen LogP contribution in [-0.4, -0.2) is 31.5 Å². The van der Waals surface area contributed by atoms with Crippen molar-refractivity contribution < 1.29 is 18.0 Å². The lowest BCUT2D eigenvalue weighted by atomic mass is 9.86. The van der Waals surface area contributed by atoms with Crippen LogP contribution >= 0.6 is 23.8 Å². The summed E-state index contributed by atoms with van der Waals surface area (Å²) in [5.41, 5.74) is 8.49. The number of hydrogen-bond acceptors (Lipinski definition) is 5. The monoisotopic (exact) mass is 652 g/mol. The number of alkyl halides is 3. The van der Waals surface area contributed by atoms with Crippen molar-refractivity contribution in [3.8, 4) is 6.07 Å². The van der Waals surface area contributed by atoms with Gasteiger partial charge in [-0.3, -0.25) is 4.79 Å². The molecule has 1 heterocycles. The minimum absolute atomic E-state index is 0.00942. The fraction of sp³-hybridized carbons (Fsp3) is 0.273. The highest BCUT2D eigenvalue weighted by molar-refractivity contribution is 7.80. The number of ketones is 1. The normalized spacial score (nSPS) is 12.8. The third-order valence-corrected chi connectivity index (χ3v) is 8.11. The number of nitrogens with two attached hydrogens (primary N) is 1. The number of halogens is 4. The Balaban J connectivity index is 1.63. The van der Waals surface area contributed by atoms with Crippen LogP contribution in [0, 0.1) is 23.2 Å². The molecule has 3 aromatic carbocycles. The minimum Gasteiger partial charge on any atom is -0.331 e. The fourth-order valence-corrected chi connectivity index (χ4v) is 5.63. The summed E-state index contributed by atoms with van der Waals surface area (Å²) in [6.45, 7) is 3.80. The number of anilines is 1. The van der Waals surface area contributed by atoms with Crippen molar-refractivity contribution in [1.29, 1.82) is 5.26 Å². The highest BCUT2D eigenvalue weighted by Gasteiger charge is 2.37. The van der Waals surface area contributed by atoms with Gasteiger partial charge in [0.05, 0.1) is 46.3 Å². The summed E-state index contributed by atoms with van der Waals surface area (Å²) >= 11 is 12.0. The quantitative estimate of drug-likeness (QED) is 0.132. The van der Waals surface area contributed by atoms with Crippen LogP contribution in [0.2, 0.25) is 5.02 Å². The third-order valence-electron chi connectivity index (χ3n) is 7.45. The summed E-state index contributed by atoms with van der Waals surface area (Å²) in [4.78, 5) is 19.6. The van der Waals surface area contributed by atoms with Gasteiger partial charge in [-0.2, -0.15) is 18.4 Å². The van der Waals surface area contributed by atoms with Gasteiger partial charge in [-0.15, -0.1) is 0 Å². The number of para-hydroxylation sites is 1. The molecule has 0 radical (unpaired) electrons. The van der Waals surface area contributed by atoms with Crippen LogP contribution in [0.3, 0.4) is 0 Å². The van der Waals surface area contributed by atoms with Crippen molar-refractivity contribution in [1.82, 2.24) is 14.5 Å². The maximum Gasteiger partial charge on any atom is 0.416 e. The Morgan fingerprint density at radius 2 is 1.78 bits per heavy atom. The molecule has 0 saturated heterocycles. The third kappa shape index (κ3) is 8.48. The van der Waals surface area contributed by atoms with Gasteiger partial charge in [0.25, 0.3) is 0 Å². The topological polar surface area (TPSA) is 100.0 Å². The van der Waals surface area contributed by atoms with E-state index in [4.69, 9.17) is 34.8 Å². The summed E-state index contributed by atoms with van der Waals surface area (Å²) in [5.74, 6) is -1.31. The second-order valence-electron chi connectivity index (χ2n) is 10.9. The van der Waals surface area contributed by atoms with Gasteiger partial charge in [0, 0.05) is 31.4 Å². The Hall–Kier alpha value is -4.24. The van der Waals surface area contributed by atoms with E-state index in [0.29, 0.717) is 28.5 Å². The average molecular weight is 653 g/mol. The van der Waals surface area contributed by atoms with E-state index >= 15 is 0 Å². The molecular formula is C33H32ClF3N6OS. The number of nitrogens with one attached hydrogen (secondary N) is 1. The number of carbonyl (C=O) groups excluding carboxylic acids is 1. The number of nitriles is 1. The maximum atomic E-state index is 14.0. The lowest BCUT2D eigenvalue weighted by Crippen LogP contribution is -2.55. The Morgan fingerprint density at radius 3 is 2.42 bits per heavy atom. The lowest BCUT2D eigenvalue weighted by molar-refractivity contribution is -0.138. The zero-order valence-corrected chi connectivity index (χ0v) is 26.2. The van der Waals surface area contributed by atoms with Crippen LogP contribution in [0.25, 0.3) is 0 Å². The second-order valence-corrected chi connectivity index (χ2v) is 11.7. The average Bonchev–Trinajstić information content (AvgIpc) is 3.42. The predicted octanol–water partition coefficient (Wildman–Crippen LogP) is 7.04. The number of rotatable bonds is 11. The molecule has 0 spiro atoms. The standard InChI is InChI=1S/C33H32ClF3N6OS/c1-21(2)30(29(44)15-25-17-40-20-42(25)18-23-13-11-22(16-38)12-14-23)31(39)43(32(45)41-28-10-6-5-9-27(28)34)19-24-7-3-4-8-26(24)33(35,36)37/h3-14,17,20-21,30-31H,15,18-19,39H2,1-2H3,(H,41,45)/t30-,31?/m1/s1. The molecule has 0 aliphatic carbocycles. The fourth-order valence-electron chi connectivity index (χ4n) is 5.15. The van der Waals surface area contributed by atoms with E-state index < -0.39 is 23.8 Å². The summed E-state index contributed by atoms with van der Waals surface area (Å²) in [5, 5.41) is 12.5. The molecule has 234 valence electrons. The molecule has 4 rings (SSSR count). The number of thiocarbonyl (C=S) groups is 1. The molecule has 0 aliphatic rings. The molecule has 7 nitrogen and oxygen atoms in total. The van der Waals surface area contributed by atoms with E-state index in [2.05, 4.69) is 16.4 Å². The first-order valence-electron chi connectivity index (χ1n) is 14.1. The smallest absolute Gasteiger partial charge is 0.331 e. The molecule has 2 atom stereocenters. The number of nitrogens with zero attached hydrogens (tertiary/aromatic N) is 4. The van der Waals surface area contributed by atoms with Gasteiger partial charge in [-0.25, -0.2) is 4.98 Å². The first kappa shape index (κ1) is 33.6. The van der Waals surface area contributed by atoms with Crippen molar-refractivity contribution >= 4 is 40.4 Å². The molecule has 45 heavy (non-hydrogen) atoms. The van der Waals surface area contributed by atoms with Gasteiger partial charge in [-0.1, -0.05) is 67.9 Å². The van der Waals surface area contributed by atoms with Crippen molar-refractivity contribution in [2.45, 2.75) is 45.7 Å². The Labute approximate surface area is 270 Å². The summed E-state index contributed by atoms with van der Waals surface area (Å²) in [7, 11) is 0. The van der Waals surface area contributed by atoms with Gasteiger partial charge in [-0.05, 0) is 59.6 Å². The van der Waals surface area contributed by atoms with E-state index in [1.807, 2.05) is 30.5 Å². The number of Topliss-reactive ketones (excluding diaryl/α,β-unsaturated/α-hetero) is 1. The van der Waals surface area contributed by atoms with Gasteiger partial charge in [0.1, 0.15) is 5.78 Å². The van der Waals surface area contributed by atoms with Crippen LogP contribution in [0.1, 0.15) is 41.8 Å². The number of aromatic nitrogens is 2. The van der Waals surface area contributed by atoms with Crippen molar-refractivity contribution in [3.63, 3.8) is 0 Å². The zero-order chi connectivity index (χ0) is 32.7. The van der Waals surface area contributed by atoms with Crippen LogP contribution in [0.4, 0.5) is 18.9 Å². The Bertz CT molecular complexity index is 1680. The van der Waals surface area contributed by atoms with Crippen LogP contribution in [0.15, 0.2) is 85.3 Å². The number of imidazole rings is 1. The number of carbonyl (C=O) groups is 1. The summed E-state index contributed by atoms with van der Waals surface area (Å²) < 4.78 is 43.7. The van der Waals surface area contributed by atoms with E-state index in [9.17, 15) is 18.0 Å². The lowest BCUT2D eigenvalue weighted by Gasteiger charge is -2.38. The molecule has 0 fully saturated rings. The van der Waals surface area contributed by atoms with E-state index in [-0.39, 0.29) is 35.3 Å². The van der Waals surface area contributed by atoms with Crippen LogP contribution in [-0.2, 0) is 30.5 Å². The van der Waals surface area contributed by atoms with Gasteiger partial charge >= 0.3 is 6.18 Å². The van der Waals surface area contributed by atoms with E-state index in [0.717, 1.165) is 11.6 Å². The largest absolute Gasteiger partial charge is 0.416 e. The van der Waals surface area contributed by atoms with Gasteiger partial charge in [0.2, 0.25) is 0 Å². The number of hydrogen-bond donors (Lipinski definition) is 2.